The Balaban J connectivity index is 1.73. The molecule has 37 heavy (non-hydrogen) atoms. The van der Waals surface area contributed by atoms with Crippen LogP contribution in [0.2, 0.25) is 0 Å². The third-order valence-corrected chi connectivity index (χ3v) is 7.41. The van der Waals surface area contributed by atoms with Crippen LogP contribution in [0.15, 0.2) is 41.2 Å². The van der Waals surface area contributed by atoms with Crippen LogP contribution in [0.1, 0.15) is 62.9 Å². The Morgan fingerprint density at radius 2 is 1.70 bits per heavy atom. The molecular weight excluding hydrogens is 481 g/mol. The van der Waals surface area contributed by atoms with Gasteiger partial charge in [-0.3, -0.25) is 9.47 Å². The van der Waals surface area contributed by atoms with Crippen molar-refractivity contribution < 1.29 is 13.2 Å². The van der Waals surface area contributed by atoms with Gasteiger partial charge in [-0.2, -0.15) is 23.4 Å². The first-order chi connectivity index (χ1) is 17.6. The highest BCUT2D eigenvalue weighted by Gasteiger charge is 2.38. The number of piperazine rings is 1. The monoisotopic (exact) mass is 512 g/mol. The van der Waals surface area contributed by atoms with E-state index < -0.39 is 17.4 Å². The number of halogens is 3. The fraction of sp³-hybridized carbons (Fsp3) is 0.481. The quantitative estimate of drug-likeness (QED) is 0.460. The number of hydrogen-bond acceptors (Lipinski definition) is 6. The maximum Gasteiger partial charge on any atom is 0.416 e. The van der Waals surface area contributed by atoms with Crippen molar-refractivity contribution in [3.05, 3.63) is 63.7 Å². The number of fused-ring (bicyclic) bond motifs is 1. The summed E-state index contributed by atoms with van der Waals surface area (Å²) in [7, 11) is 1.63. The van der Waals surface area contributed by atoms with E-state index >= 15 is 0 Å². The number of nitriles is 1. The second-order valence-electron chi connectivity index (χ2n) is 9.47. The minimum Gasteiger partial charge on any atom is -0.349 e. The minimum absolute atomic E-state index is 0.00152. The number of pyridine rings is 1. The lowest BCUT2D eigenvalue weighted by molar-refractivity contribution is -0.137. The smallest absolute Gasteiger partial charge is 0.349 e. The van der Waals surface area contributed by atoms with Crippen molar-refractivity contribution in [1.29, 1.82) is 5.26 Å². The molecule has 0 saturated carbocycles. The maximum absolute atomic E-state index is 13.1. The number of nitrogens with zero attached hydrogens (tertiary/aromatic N) is 6. The summed E-state index contributed by atoms with van der Waals surface area (Å²) in [6.45, 7) is 7.44. The van der Waals surface area contributed by atoms with E-state index in [9.17, 15) is 23.2 Å². The summed E-state index contributed by atoms with van der Waals surface area (Å²) in [5.74, 6) is 0.475. The Morgan fingerprint density at radius 3 is 2.27 bits per heavy atom. The predicted molar refractivity (Wildman–Crippen MR) is 136 cm³/mol. The van der Waals surface area contributed by atoms with Crippen molar-refractivity contribution in [1.82, 2.24) is 19.4 Å². The predicted octanol–water partition coefficient (Wildman–Crippen LogP) is 5.05. The van der Waals surface area contributed by atoms with E-state index in [1.54, 1.807) is 31.3 Å². The molecule has 2 aromatic heterocycles. The van der Waals surface area contributed by atoms with Crippen molar-refractivity contribution in [2.75, 3.05) is 18.0 Å². The molecule has 1 aliphatic heterocycles. The van der Waals surface area contributed by atoms with E-state index in [2.05, 4.69) is 39.7 Å². The van der Waals surface area contributed by atoms with Gasteiger partial charge >= 0.3 is 11.9 Å². The number of aryl methyl sites for hydroxylation is 1. The van der Waals surface area contributed by atoms with Gasteiger partial charge in [0.25, 0.3) is 0 Å². The number of rotatable bonds is 6. The summed E-state index contributed by atoms with van der Waals surface area (Å²) in [6.07, 6.45) is -2.04. The summed E-state index contributed by atoms with van der Waals surface area (Å²) in [4.78, 5) is 26.1. The Bertz CT molecular complexity index is 1360. The molecule has 1 fully saturated rings. The summed E-state index contributed by atoms with van der Waals surface area (Å²) < 4.78 is 40.8. The number of alkyl halides is 3. The van der Waals surface area contributed by atoms with Crippen LogP contribution in [0.5, 0.6) is 0 Å². The van der Waals surface area contributed by atoms with Crippen LogP contribution < -0.4 is 10.6 Å². The molecule has 1 saturated heterocycles. The van der Waals surface area contributed by atoms with Gasteiger partial charge in [-0.1, -0.05) is 32.9 Å². The summed E-state index contributed by atoms with van der Waals surface area (Å²) in [5, 5.41) is 9.41. The van der Waals surface area contributed by atoms with Crippen molar-refractivity contribution in [2.24, 2.45) is 7.05 Å². The lowest BCUT2D eigenvalue weighted by Gasteiger charge is -2.49. The average molecular weight is 513 g/mol. The summed E-state index contributed by atoms with van der Waals surface area (Å²) >= 11 is 0. The van der Waals surface area contributed by atoms with Crippen LogP contribution in [0.4, 0.5) is 19.0 Å². The Kier molecular flexibility index (Phi) is 7.55. The molecular formula is C27H31F3N6O. The molecule has 10 heteroatoms. The second kappa shape index (κ2) is 10.5. The largest absolute Gasteiger partial charge is 0.416 e. The number of hydrogen-bond donors (Lipinski definition) is 0. The molecule has 4 rings (SSSR count). The van der Waals surface area contributed by atoms with Crippen LogP contribution in [0, 0.1) is 11.3 Å². The Hall–Kier alpha value is -3.45. The zero-order chi connectivity index (χ0) is 26.9. The van der Waals surface area contributed by atoms with Crippen molar-refractivity contribution in [3.8, 4) is 6.07 Å². The van der Waals surface area contributed by atoms with Gasteiger partial charge in [-0.05, 0) is 49.1 Å². The molecule has 3 atom stereocenters. The number of anilines is 1. The normalized spacial score (nSPS) is 19.7. The molecule has 0 N–H and O–H groups in total. The van der Waals surface area contributed by atoms with E-state index in [1.165, 1.54) is 4.57 Å². The molecule has 3 heterocycles. The lowest BCUT2D eigenvalue weighted by atomic mass is 9.94. The SMILES string of the molecule is CCC1CN(C(CC)c2ccc(C(F)(F)F)cc2)C(CC)CN1c1nc(=O)n(C)c2ccc(C#N)nc12. The third-order valence-electron chi connectivity index (χ3n) is 7.41. The molecule has 3 aromatic rings. The molecule has 0 spiro atoms. The zero-order valence-electron chi connectivity index (χ0n) is 21.5. The highest BCUT2D eigenvalue weighted by molar-refractivity contribution is 5.86. The first kappa shape index (κ1) is 26.6. The standard InChI is InChI=1S/C27H31F3N6O/c1-5-20-16-36(25-24-23(34(4)26(37)33-25)13-12-19(14-31)32-24)21(6-2)15-35(20)22(7-3)17-8-10-18(11-9-17)27(28,29)30/h8-13,20-22H,5-7,15-16H2,1-4H3. The van der Waals surface area contributed by atoms with Crippen LogP contribution in [-0.2, 0) is 13.2 Å². The summed E-state index contributed by atoms with van der Waals surface area (Å²) in [5.41, 5.74) is 1.18. The maximum atomic E-state index is 13.1. The van der Waals surface area contributed by atoms with E-state index in [-0.39, 0.29) is 23.8 Å². The van der Waals surface area contributed by atoms with Gasteiger partial charge in [0.1, 0.15) is 17.3 Å². The zero-order valence-corrected chi connectivity index (χ0v) is 21.5. The molecule has 1 aromatic carbocycles. The number of aromatic nitrogens is 3. The molecule has 1 aliphatic rings. The molecule has 3 unspecified atom stereocenters. The first-order valence-electron chi connectivity index (χ1n) is 12.6. The van der Waals surface area contributed by atoms with E-state index in [0.717, 1.165) is 37.0 Å². The van der Waals surface area contributed by atoms with Crippen molar-refractivity contribution >= 4 is 16.9 Å². The fourth-order valence-electron chi connectivity index (χ4n) is 5.35. The average Bonchev–Trinajstić information content (AvgIpc) is 2.90. The van der Waals surface area contributed by atoms with Crippen LogP contribution in [0.25, 0.3) is 11.0 Å². The van der Waals surface area contributed by atoms with Gasteiger partial charge in [0, 0.05) is 38.3 Å². The summed E-state index contributed by atoms with van der Waals surface area (Å²) in [6, 6.07) is 10.9. The molecule has 0 radical (unpaired) electrons. The lowest BCUT2D eigenvalue weighted by Crippen LogP contribution is -2.59. The topological polar surface area (TPSA) is 78.0 Å². The van der Waals surface area contributed by atoms with Crippen LogP contribution in [0.3, 0.4) is 0 Å². The van der Waals surface area contributed by atoms with Crippen molar-refractivity contribution in [3.63, 3.8) is 0 Å². The van der Waals surface area contributed by atoms with E-state index in [0.29, 0.717) is 29.9 Å². The second-order valence-corrected chi connectivity index (χ2v) is 9.47. The van der Waals surface area contributed by atoms with Crippen molar-refractivity contribution in [2.45, 2.75) is 64.3 Å². The minimum atomic E-state index is -4.37. The van der Waals surface area contributed by atoms with Crippen LogP contribution >= 0.6 is 0 Å². The number of benzene rings is 1. The molecule has 0 amide bonds. The van der Waals surface area contributed by atoms with E-state index in [4.69, 9.17) is 0 Å². The van der Waals surface area contributed by atoms with Gasteiger partial charge in [0.2, 0.25) is 0 Å². The Labute approximate surface area is 214 Å². The van der Waals surface area contributed by atoms with Gasteiger partial charge in [-0.25, -0.2) is 9.78 Å². The molecule has 0 bridgehead atoms. The Morgan fingerprint density at radius 1 is 1.03 bits per heavy atom. The first-order valence-corrected chi connectivity index (χ1v) is 12.6. The van der Waals surface area contributed by atoms with Crippen LogP contribution in [-0.4, -0.2) is 44.6 Å². The molecule has 7 nitrogen and oxygen atoms in total. The molecule has 196 valence electrons. The fourth-order valence-corrected chi connectivity index (χ4v) is 5.35. The molecule has 0 aliphatic carbocycles. The van der Waals surface area contributed by atoms with E-state index in [1.807, 2.05) is 6.92 Å². The van der Waals surface area contributed by atoms with Gasteiger partial charge in [0.05, 0.1) is 11.1 Å². The van der Waals surface area contributed by atoms with Gasteiger partial charge < -0.3 is 4.90 Å². The highest BCUT2D eigenvalue weighted by atomic mass is 19.4. The van der Waals surface area contributed by atoms with Gasteiger partial charge in [0.15, 0.2) is 5.82 Å². The third kappa shape index (κ3) is 5.05. The highest BCUT2D eigenvalue weighted by Crippen LogP contribution is 2.36. The van der Waals surface area contributed by atoms with Gasteiger partial charge in [-0.15, -0.1) is 0 Å².